The minimum Gasteiger partial charge on any atom is -0.313 e. The van der Waals surface area contributed by atoms with Gasteiger partial charge in [-0.05, 0) is 50.1 Å². The van der Waals surface area contributed by atoms with Crippen molar-refractivity contribution in [2.45, 2.75) is 64.0 Å². The molecule has 21 heavy (non-hydrogen) atoms. The van der Waals surface area contributed by atoms with Crippen molar-refractivity contribution in [2.24, 2.45) is 11.8 Å². The van der Waals surface area contributed by atoms with Crippen molar-refractivity contribution in [3.8, 4) is 0 Å². The molecule has 4 unspecified atom stereocenters. The van der Waals surface area contributed by atoms with Crippen LogP contribution in [0.15, 0.2) is 24.3 Å². The number of thioether (sulfide) groups is 1. The summed E-state index contributed by atoms with van der Waals surface area (Å²) in [6, 6.07) is 9.66. The van der Waals surface area contributed by atoms with Crippen LogP contribution in [0, 0.1) is 18.8 Å². The van der Waals surface area contributed by atoms with Gasteiger partial charge in [0.15, 0.2) is 0 Å². The Labute approximate surface area is 135 Å². The third-order valence-electron chi connectivity index (χ3n) is 4.57. The summed E-state index contributed by atoms with van der Waals surface area (Å²) in [5, 5.41) is 4.57. The molecule has 2 rings (SSSR count). The molecule has 118 valence electrons. The predicted octanol–water partition coefficient (Wildman–Crippen LogP) is 5.03. The van der Waals surface area contributed by atoms with Crippen molar-refractivity contribution in [3.05, 3.63) is 35.4 Å². The lowest BCUT2D eigenvalue weighted by molar-refractivity contribution is 0.249. The average molecular weight is 306 g/mol. The van der Waals surface area contributed by atoms with E-state index in [1.807, 2.05) is 0 Å². The van der Waals surface area contributed by atoms with Gasteiger partial charge in [-0.3, -0.25) is 0 Å². The lowest BCUT2D eigenvalue weighted by Gasteiger charge is -2.40. The molecule has 1 aromatic carbocycles. The van der Waals surface area contributed by atoms with Crippen LogP contribution >= 0.6 is 11.8 Å². The molecule has 0 amide bonds. The number of benzene rings is 1. The lowest BCUT2D eigenvalue weighted by Crippen LogP contribution is -2.46. The van der Waals surface area contributed by atoms with Crippen molar-refractivity contribution >= 4 is 11.8 Å². The fraction of sp³-hybridized carbons (Fsp3) is 0.684. The van der Waals surface area contributed by atoms with Crippen LogP contribution in [0.2, 0.25) is 0 Å². The minimum absolute atomic E-state index is 0.693. The highest BCUT2D eigenvalue weighted by atomic mass is 32.2. The van der Waals surface area contributed by atoms with Crippen LogP contribution in [0.25, 0.3) is 0 Å². The monoisotopic (exact) mass is 305 g/mol. The molecule has 0 saturated heterocycles. The lowest BCUT2D eigenvalue weighted by atomic mass is 9.80. The van der Waals surface area contributed by atoms with Gasteiger partial charge in [0.05, 0.1) is 0 Å². The highest BCUT2D eigenvalue weighted by molar-refractivity contribution is 7.99. The maximum absolute atomic E-state index is 3.81. The fourth-order valence-electron chi connectivity index (χ4n) is 3.63. The van der Waals surface area contributed by atoms with E-state index in [4.69, 9.17) is 0 Å². The first kappa shape index (κ1) is 16.9. The third kappa shape index (κ3) is 5.03. The molecule has 4 atom stereocenters. The maximum Gasteiger partial charge on any atom is 0.0230 e. The Morgan fingerprint density at radius 2 is 2.05 bits per heavy atom. The van der Waals surface area contributed by atoms with E-state index in [-0.39, 0.29) is 0 Å². The Morgan fingerprint density at radius 3 is 2.76 bits per heavy atom. The second-order valence-electron chi connectivity index (χ2n) is 6.88. The molecule has 1 aromatic rings. The van der Waals surface area contributed by atoms with Gasteiger partial charge in [-0.1, -0.05) is 50.6 Å². The smallest absolute Gasteiger partial charge is 0.0230 e. The van der Waals surface area contributed by atoms with E-state index in [0.717, 1.165) is 29.4 Å². The van der Waals surface area contributed by atoms with Gasteiger partial charge in [0, 0.05) is 17.0 Å². The van der Waals surface area contributed by atoms with Gasteiger partial charge in [0.25, 0.3) is 0 Å². The van der Waals surface area contributed by atoms with E-state index in [9.17, 15) is 0 Å². The summed E-state index contributed by atoms with van der Waals surface area (Å²) in [6.07, 6.45) is 3.96. The molecular formula is C19H31NS. The van der Waals surface area contributed by atoms with E-state index >= 15 is 0 Å². The summed E-state index contributed by atoms with van der Waals surface area (Å²) in [6.45, 7) is 10.5. The zero-order valence-electron chi connectivity index (χ0n) is 14.1. The fourth-order valence-corrected chi connectivity index (χ4v) is 5.08. The van der Waals surface area contributed by atoms with Gasteiger partial charge < -0.3 is 5.32 Å². The number of aryl methyl sites for hydroxylation is 1. The largest absolute Gasteiger partial charge is 0.313 e. The van der Waals surface area contributed by atoms with Crippen molar-refractivity contribution in [1.29, 1.82) is 0 Å². The van der Waals surface area contributed by atoms with E-state index in [1.54, 1.807) is 0 Å². The minimum atomic E-state index is 0.693. The summed E-state index contributed by atoms with van der Waals surface area (Å²) in [4.78, 5) is 0. The Balaban J connectivity index is 1.96. The van der Waals surface area contributed by atoms with Crippen LogP contribution < -0.4 is 5.32 Å². The van der Waals surface area contributed by atoms with Gasteiger partial charge in [-0.2, -0.15) is 11.8 Å². The summed E-state index contributed by atoms with van der Waals surface area (Å²) in [7, 11) is 0. The highest BCUT2D eigenvalue weighted by Crippen LogP contribution is 2.37. The molecule has 0 aliphatic heterocycles. The first-order valence-corrected chi connectivity index (χ1v) is 9.55. The third-order valence-corrected chi connectivity index (χ3v) is 6.25. The van der Waals surface area contributed by atoms with Crippen LogP contribution in [0.3, 0.4) is 0 Å². The molecule has 0 bridgehead atoms. The number of hydrogen-bond donors (Lipinski definition) is 1. The molecule has 0 heterocycles. The second kappa shape index (κ2) is 8.24. The van der Waals surface area contributed by atoms with Crippen molar-refractivity contribution in [2.75, 3.05) is 6.54 Å². The molecule has 1 aliphatic carbocycles. The van der Waals surface area contributed by atoms with Gasteiger partial charge >= 0.3 is 0 Å². The van der Waals surface area contributed by atoms with Gasteiger partial charge in [-0.15, -0.1) is 0 Å². The van der Waals surface area contributed by atoms with Crippen LogP contribution in [-0.4, -0.2) is 17.8 Å². The highest BCUT2D eigenvalue weighted by Gasteiger charge is 2.33. The molecule has 1 aliphatic rings. The molecule has 1 saturated carbocycles. The first-order chi connectivity index (χ1) is 10.1. The number of nitrogens with one attached hydrogen (secondary N) is 1. The normalized spacial score (nSPS) is 29.5. The summed E-state index contributed by atoms with van der Waals surface area (Å²) in [5.74, 6) is 2.83. The second-order valence-corrected chi connectivity index (χ2v) is 8.05. The molecule has 2 heteroatoms. The quantitative estimate of drug-likeness (QED) is 0.791. The van der Waals surface area contributed by atoms with Crippen molar-refractivity contribution < 1.29 is 0 Å². The standard InChI is InChI=1S/C19H31NS/c1-5-9-20-18-12-15(3)10-16(4)19(18)21-13-17-8-6-7-14(2)11-17/h6-8,11,15-16,18-20H,5,9-10,12-13H2,1-4H3. The Bertz CT molecular complexity index is 431. The molecule has 0 aromatic heterocycles. The van der Waals surface area contributed by atoms with Crippen LogP contribution in [0.5, 0.6) is 0 Å². The van der Waals surface area contributed by atoms with Crippen molar-refractivity contribution in [1.82, 2.24) is 5.32 Å². The van der Waals surface area contributed by atoms with Crippen LogP contribution in [0.1, 0.15) is 51.2 Å². The van der Waals surface area contributed by atoms with Crippen LogP contribution in [-0.2, 0) is 5.75 Å². The van der Waals surface area contributed by atoms with Gasteiger partial charge in [0.1, 0.15) is 0 Å². The molecule has 0 spiro atoms. The Morgan fingerprint density at radius 1 is 1.24 bits per heavy atom. The number of rotatable bonds is 6. The average Bonchev–Trinajstić information content (AvgIpc) is 2.44. The Hall–Kier alpha value is -0.470. The zero-order valence-corrected chi connectivity index (χ0v) is 14.9. The van der Waals surface area contributed by atoms with Gasteiger partial charge in [-0.25, -0.2) is 0 Å². The van der Waals surface area contributed by atoms with Gasteiger partial charge in [0.2, 0.25) is 0 Å². The molecule has 1 nitrogen and oxygen atoms in total. The molecular weight excluding hydrogens is 274 g/mol. The topological polar surface area (TPSA) is 12.0 Å². The maximum atomic E-state index is 3.81. The van der Waals surface area contributed by atoms with E-state index < -0.39 is 0 Å². The molecule has 0 radical (unpaired) electrons. The van der Waals surface area contributed by atoms with E-state index in [1.165, 1.54) is 30.4 Å². The molecule has 1 fully saturated rings. The SMILES string of the molecule is CCCNC1CC(C)CC(C)C1SCc1cccc(C)c1. The first-order valence-electron chi connectivity index (χ1n) is 8.50. The van der Waals surface area contributed by atoms with E-state index in [2.05, 4.69) is 69.0 Å². The summed E-state index contributed by atoms with van der Waals surface area (Å²) >= 11 is 2.17. The number of hydrogen-bond acceptors (Lipinski definition) is 2. The summed E-state index contributed by atoms with van der Waals surface area (Å²) < 4.78 is 0. The van der Waals surface area contributed by atoms with Crippen LogP contribution in [0.4, 0.5) is 0 Å². The van der Waals surface area contributed by atoms with Crippen molar-refractivity contribution in [3.63, 3.8) is 0 Å². The summed E-state index contributed by atoms with van der Waals surface area (Å²) in [5.41, 5.74) is 2.85. The predicted molar refractivity (Wildman–Crippen MR) is 95.9 cm³/mol. The van der Waals surface area contributed by atoms with E-state index in [0.29, 0.717) is 6.04 Å². The Kier molecular flexibility index (Phi) is 6.63. The molecule has 1 N–H and O–H groups in total. The zero-order chi connectivity index (χ0) is 15.2.